The monoisotopic (exact) mass is 404 g/mol. The fourth-order valence-electron chi connectivity index (χ4n) is 2.63. The van der Waals surface area contributed by atoms with E-state index in [1.807, 2.05) is 45.0 Å². The van der Waals surface area contributed by atoms with Gasteiger partial charge in [0.05, 0.1) is 11.6 Å². The average Bonchev–Trinajstić information content (AvgIpc) is 2.47. The Bertz CT molecular complexity index is 722. The van der Waals surface area contributed by atoms with E-state index in [2.05, 4.69) is 5.10 Å². The number of benzene rings is 1. The number of rotatable bonds is 2. The molecule has 0 unspecified atom stereocenters. The largest absolute Gasteiger partial charge is 0.505 e. The third-order valence-electron chi connectivity index (χ3n) is 4.09. The maximum absolute atomic E-state index is 12.7. The van der Waals surface area contributed by atoms with Gasteiger partial charge in [0.25, 0.3) is 5.56 Å². The summed E-state index contributed by atoms with van der Waals surface area (Å²) in [6.07, 6.45) is 3.12. The van der Waals surface area contributed by atoms with Crippen LogP contribution < -0.4 is 5.56 Å². The van der Waals surface area contributed by atoms with Gasteiger partial charge in [0.2, 0.25) is 0 Å². The smallest absolute Gasteiger partial charge is 0.278 e. The molecule has 1 aromatic heterocycles. The van der Waals surface area contributed by atoms with E-state index >= 15 is 0 Å². The van der Waals surface area contributed by atoms with Gasteiger partial charge in [0, 0.05) is 32.7 Å². The second-order valence-corrected chi connectivity index (χ2v) is 5.46. The van der Waals surface area contributed by atoms with Crippen LogP contribution in [0.1, 0.15) is 50.4 Å². The third-order valence-corrected chi connectivity index (χ3v) is 4.09. The Hall–Kier alpha value is -0.996. The van der Waals surface area contributed by atoms with Gasteiger partial charge in [-0.25, -0.2) is 4.68 Å². The molecule has 3 rings (SSSR count). The van der Waals surface area contributed by atoms with Crippen LogP contribution in [0.4, 0.5) is 0 Å². The van der Waals surface area contributed by atoms with E-state index in [9.17, 15) is 9.90 Å². The summed E-state index contributed by atoms with van der Waals surface area (Å²) in [5.41, 5.74) is 2.46. The fourth-order valence-corrected chi connectivity index (χ4v) is 2.63. The van der Waals surface area contributed by atoms with Crippen molar-refractivity contribution in [3.63, 3.8) is 0 Å². The summed E-state index contributed by atoms with van der Waals surface area (Å²) in [4.78, 5) is 12.7. The Morgan fingerprint density at radius 2 is 1.75 bits per heavy atom. The van der Waals surface area contributed by atoms with Gasteiger partial charge in [-0.2, -0.15) is 5.10 Å². The first kappa shape index (κ1) is 23.0. The minimum atomic E-state index is -0.188. The van der Waals surface area contributed by atoms with Crippen LogP contribution >= 0.6 is 0 Å². The first-order chi connectivity index (χ1) is 10.6. The van der Waals surface area contributed by atoms with Crippen molar-refractivity contribution in [2.45, 2.75) is 53.0 Å². The molecule has 1 aliphatic rings. The van der Waals surface area contributed by atoms with Crippen LogP contribution in [0.25, 0.3) is 11.1 Å². The number of aryl methyl sites for hydroxylation is 2. The second kappa shape index (κ2) is 10.1. The summed E-state index contributed by atoms with van der Waals surface area (Å²) in [5, 5.41) is 14.5. The molecule has 0 bridgehead atoms. The summed E-state index contributed by atoms with van der Waals surface area (Å²) in [7, 11) is 0. The van der Waals surface area contributed by atoms with Gasteiger partial charge >= 0.3 is 0 Å². The van der Waals surface area contributed by atoms with Crippen LogP contribution in [-0.4, -0.2) is 14.9 Å². The maximum atomic E-state index is 12.7. The first-order valence-electron chi connectivity index (χ1n) is 7.98. The molecular formula is C19H27N2O2Y-. The van der Waals surface area contributed by atoms with E-state index in [1.54, 1.807) is 11.6 Å². The Labute approximate surface area is 170 Å². The zero-order valence-corrected chi connectivity index (χ0v) is 18.2. The molecule has 1 saturated carbocycles. The van der Waals surface area contributed by atoms with Gasteiger partial charge in [0.1, 0.15) is 5.69 Å². The van der Waals surface area contributed by atoms with Crippen LogP contribution in [-0.2, 0) is 32.7 Å². The molecule has 2 aromatic rings. The zero-order valence-electron chi connectivity index (χ0n) is 15.3. The molecular weight excluding hydrogens is 377 g/mol. The summed E-state index contributed by atoms with van der Waals surface area (Å²) < 4.78 is 1.56. The molecule has 4 nitrogen and oxygen atoms in total. The third kappa shape index (κ3) is 4.34. The second-order valence-electron chi connectivity index (χ2n) is 5.46. The van der Waals surface area contributed by atoms with Gasteiger partial charge in [0.15, 0.2) is 5.75 Å². The van der Waals surface area contributed by atoms with Crippen molar-refractivity contribution in [3.8, 4) is 16.9 Å². The summed E-state index contributed by atoms with van der Waals surface area (Å²) in [6, 6.07) is 7.80. The predicted molar refractivity (Wildman–Crippen MR) is 95.7 cm³/mol. The summed E-state index contributed by atoms with van der Waals surface area (Å²) in [6.45, 7) is 7.68. The molecule has 1 aliphatic carbocycles. The Kier molecular flexibility index (Phi) is 9.68. The Morgan fingerprint density at radius 1 is 1.17 bits per heavy atom. The Morgan fingerprint density at radius 3 is 2.25 bits per heavy atom. The van der Waals surface area contributed by atoms with Crippen molar-refractivity contribution >= 4 is 0 Å². The standard InChI is InChI=1S/C16H18N2O2.C2H6.CH3.Y/c1-10-6-3-4-9-13(10)14-15(19)11(2)17-18(16(14)20)12-7-5-8-12;1-2;;/h3-4,6,9,12,19H,5,7-8H2,1-2H3;1-2H3;1H3;/q;;-1;. The van der Waals surface area contributed by atoms with E-state index in [0.29, 0.717) is 11.3 Å². The fraction of sp³-hybridized carbons (Fsp3) is 0.421. The van der Waals surface area contributed by atoms with E-state index in [-0.39, 0.29) is 57.5 Å². The molecule has 1 radical (unpaired) electrons. The van der Waals surface area contributed by atoms with Crippen molar-refractivity contribution in [2.24, 2.45) is 0 Å². The molecule has 0 amide bonds. The number of aromatic nitrogens is 2. The molecule has 24 heavy (non-hydrogen) atoms. The normalized spacial score (nSPS) is 12.8. The molecule has 0 spiro atoms. The SMILES string of the molecule is CC.Cc1ccccc1-c1c(O)c(C)nn(C2CCC2)c1=O.[CH3-].[Y]. The number of hydrogen-bond donors (Lipinski definition) is 1. The molecule has 1 aromatic carbocycles. The topological polar surface area (TPSA) is 55.1 Å². The summed E-state index contributed by atoms with van der Waals surface area (Å²) >= 11 is 0. The molecule has 0 aliphatic heterocycles. The first-order valence-corrected chi connectivity index (χ1v) is 7.98. The van der Waals surface area contributed by atoms with Crippen molar-refractivity contribution in [3.05, 3.63) is 53.3 Å². The molecule has 1 N–H and O–H groups in total. The van der Waals surface area contributed by atoms with E-state index in [1.165, 1.54) is 0 Å². The van der Waals surface area contributed by atoms with Crippen LogP contribution in [0.5, 0.6) is 5.75 Å². The number of hydrogen-bond acceptors (Lipinski definition) is 3. The summed E-state index contributed by atoms with van der Waals surface area (Å²) in [5.74, 6) is -0.000117. The van der Waals surface area contributed by atoms with Crippen molar-refractivity contribution < 1.29 is 37.8 Å². The Balaban J connectivity index is 0.00000128. The molecule has 0 saturated heterocycles. The minimum Gasteiger partial charge on any atom is -0.505 e. The van der Waals surface area contributed by atoms with Crippen LogP contribution in [0.3, 0.4) is 0 Å². The molecule has 0 atom stereocenters. The molecule has 129 valence electrons. The van der Waals surface area contributed by atoms with E-state index in [0.717, 1.165) is 30.4 Å². The van der Waals surface area contributed by atoms with E-state index < -0.39 is 0 Å². The van der Waals surface area contributed by atoms with Gasteiger partial charge in [-0.1, -0.05) is 38.1 Å². The van der Waals surface area contributed by atoms with Crippen molar-refractivity contribution in [1.29, 1.82) is 0 Å². The van der Waals surface area contributed by atoms with Crippen LogP contribution in [0.2, 0.25) is 0 Å². The predicted octanol–water partition coefficient (Wildman–Crippen LogP) is 4.43. The maximum Gasteiger partial charge on any atom is 0.278 e. The quantitative estimate of drug-likeness (QED) is 0.754. The minimum absolute atomic E-state index is 0. The molecule has 5 heteroatoms. The zero-order chi connectivity index (χ0) is 16.3. The van der Waals surface area contributed by atoms with Gasteiger partial charge in [-0.05, 0) is 44.2 Å². The molecule has 1 fully saturated rings. The van der Waals surface area contributed by atoms with Crippen LogP contribution in [0.15, 0.2) is 29.1 Å². The van der Waals surface area contributed by atoms with Gasteiger partial charge in [-0.3, -0.25) is 4.79 Å². The number of nitrogens with zero attached hydrogens (tertiary/aromatic N) is 2. The van der Waals surface area contributed by atoms with Crippen molar-refractivity contribution in [2.75, 3.05) is 0 Å². The van der Waals surface area contributed by atoms with Crippen LogP contribution in [0, 0.1) is 21.3 Å². The van der Waals surface area contributed by atoms with E-state index in [4.69, 9.17) is 0 Å². The van der Waals surface area contributed by atoms with Crippen molar-refractivity contribution in [1.82, 2.24) is 9.78 Å². The molecule has 1 heterocycles. The van der Waals surface area contributed by atoms with Gasteiger partial charge in [-0.15, -0.1) is 0 Å². The number of aromatic hydroxyl groups is 1. The average molecular weight is 404 g/mol. The van der Waals surface area contributed by atoms with Gasteiger partial charge < -0.3 is 12.5 Å².